The largest absolute Gasteiger partial charge is 0.395 e. The lowest BCUT2D eigenvalue weighted by atomic mass is 10.0. The lowest BCUT2D eigenvalue weighted by Crippen LogP contribution is -2.24. The van der Waals surface area contributed by atoms with E-state index in [4.69, 9.17) is 5.11 Å². The Hall–Kier alpha value is -0.860. The number of aryl methyl sites for hydroxylation is 2. The van der Waals surface area contributed by atoms with Crippen molar-refractivity contribution in [2.24, 2.45) is 0 Å². The molecule has 1 aromatic rings. The van der Waals surface area contributed by atoms with Gasteiger partial charge in [0, 0.05) is 13.1 Å². The number of aliphatic hydroxyl groups is 1. The van der Waals surface area contributed by atoms with Crippen molar-refractivity contribution in [3.05, 3.63) is 34.9 Å². The van der Waals surface area contributed by atoms with Gasteiger partial charge >= 0.3 is 0 Å². The van der Waals surface area contributed by atoms with Crippen molar-refractivity contribution in [2.45, 2.75) is 20.3 Å². The standard InChI is InChI=1S/C13H21NO/c1-11-4-5-12(2)13(10-11)6-7-14(3)8-9-15/h4-5,10,15H,6-9H2,1-3H3. The zero-order chi connectivity index (χ0) is 11.3. The van der Waals surface area contributed by atoms with Gasteiger partial charge in [0.25, 0.3) is 0 Å². The predicted molar refractivity (Wildman–Crippen MR) is 64.2 cm³/mol. The Labute approximate surface area is 92.5 Å². The highest BCUT2D eigenvalue weighted by molar-refractivity contribution is 5.30. The van der Waals surface area contributed by atoms with Gasteiger partial charge in [0.2, 0.25) is 0 Å². The topological polar surface area (TPSA) is 23.5 Å². The molecule has 0 bridgehead atoms. The second kappa shape index (κ2) is 5.89. The SMILES string of the molecule is Cc1ccc(C)c(CCN(C)CCO)c1. The lowest BCUT2D eigenvalue weighted by molar-refractivity contribution is 0.223. The third-order valence-electron chi connectivity index (χ3n) is 2.75. The van der Waals surface area contributed by atoms with Gasteiger partial charge in [-0.2, -0.15) is 0 Å². The van der Waals surface area contributed by atoms with Crippen LogP contribution in [0.5, 0.6) is 0 Å². The molecule has 0 spiro atoms. The fraction of sp³-hybridized carbons (Fsp3) is 0.538. The van der Waals surface area contributed by atoms with Gasteiger partial charge in [-0.3, -0.25) is 0 Å². The van der Waals surface area contributed by atoms with Crippen LogP contribution in [0.25, 0.3) is 0 Å². The molecule has 0 saturated heterocycles. The van der Waals surface area contributed by atoms with Crippen LogP contribution >= 0.6 is 0 Å². The monoisotopic (exact) mass is 207 g/mol. The molecule has 0 fully saturated rings. The van der Waals surface area contributed by atoms with E-state index in [9.17, 15) is 0 Å². The van der Waals surface area contributed by atoms with Gasteiger partial charge in [0.15, 0.2) is 0 Å². The molecular formula is C13H21NO. The maximum Gasteiger partial charge on any atom is 0.0558 e. The fourth-order valence-corrected chi connectivity index (χ4v) is 1.66. The van der Waals surface area contributed by atoms with Gasteiger partial charge in [-0.1, -0.05) is 23.8 Å². The summed E-state index contributed by atoms with van der Waals surface area (Å²) in [5.74, 6) is 0. The van der Waals surface area contributed by atoms with Crippen LogP contribution in [-0.4, -0.2) is 36.8 Å². The van der Waals surface area contributed by atoms with E-state index in [1.54, 1.807) is 0 Å². The van der Waals surface area contributed by atoms with E-state index in [-0.39, 0.29) is 6.61 Å². The van der Waals surface area contributed by atoms with E-state index in [0.717, 1.165) is 19.5 Å². The molecule has 0 aromatic heterocycles. The minimum absolute atomic E-state index is 0.239. The first-order valence-corrected chi connectivity index (χ1v) is 5.49. The molecule has 1 rings (SSSR count). The van der Waals surface area contributed by atoms with Gasteiger partial charge in [-0.25, -0.2) is 0 Å². The molecule has 0 radical (unpaired) electrons. The average molecular weight is 207 g/mol. The van der Waals surface area contributed by atoms with Crippen LogP contribution in [0.1, 0.15) is 16.7 Å². The number of likely N-dealkylation sites (N-methyl/N-ethyl adjacent to an activating group) is 1. The molecule has 0 amide bonds. The van der Waals surface area contributed by atoms with Crippen molar-refractivity contribution in [2.75, 3.05) is 26.7 Å². The first kappa shape index (κ1) is 12.2. The molecule has 15 heavy (non-hydrogen) atoms. The normalized spacial score (nSPS) is 11.0. The zero-order valence-electron chi connectivity index (χ0n) is 9.95. The summed E-state index contributed by atoms with van der Waals surface area (Å²) in [6, 6.07) is 6.58. The maximum atomic E-state index is 8.79. The van der Waals surface area contributed by atoms with Crippen LogP contribution in [0.3, 0.4) is 0 Å². The fourth-order valence-electron chi connectivity index (χ4n) is 1.66. The maximum absolute atomic E-state index is 8.79. The van der Waals surface area contributed by atoms with Gasteiger partial charge < -0.3 is 10.0 Å². The van der Waals surface area contributed by atoms with E-state index in [2.05, 4.69) is 36.9 Å². The number of aliphatic hydroxyl groups excluding tert-OH is 1. The second-order valence-corrected chi connectivity index (χ2v) is 4.21. The van der Waals surface area contributed by atoms with E-state index in [1.165, 1.54) is 16.7 Å². The Morgan fingerprint density at radius 1 is 1.20 bits per heavy atom. The smallest absolute Gasteiger partial charge is 0.0558 e. The van der Waals surface area contributed by atoms with Crippen LogP contribution in [-0.2, 0) is 6.42 Å². The Morgan fingerprint density at radius 3 is 2.60 bits per heavy atom. The van der Waals surface area contributed by atoms with Crippen molar-refractivity contribution >= 4 is 0 Å². The van der Waals surface area contributed by atoms with Crippen LogP contribution in [0, 0.1) is 13.8 Å². The highest BCUT2D eigenvalue weighted by Gasteiger charge is 2.01. The number of hydrogen-bond donors (Lipinski definition) is 1. The number of hydrogen-bond acceptors (Lipinski definition) is 2. The molecule has 0 saturated carbocycles. The summed E-state index contributed by atoms with van der Waals surface area (Å²) < 4.78 is 0. The number of benzene rings is 1. The summed E-state index contributed by atoms with van der Waals surface area (Å²) in [7, 11) is 2.04. The van der Waals surface area contributed by atoms with Crippen molar-refractivity contribution in [3.8, 4) is 0 Å². The summed E-state index contributed by atoms with van der Waals surface area (Å²) in [4.78, 5) is 2.15. The second-order valence-electron chi connectivity index (χ2n) is 4.21. The van der Waals surface area contributed by atoms with Crippen molar-refractivity contribution in [1.82, 2.24) is 4.90 Å². The number of nitrogens with zero attached hydrogens (tertiary/aromatic N) is 1. The molecule has 0 aliphatic heterocycles. The molecule has 0 aliphatic rings. The van der Waals surface area contributed by atoms with E-state index in [0.29, 0.717) is 0 Å². The Balaban J connectivity index is 2.53. The van der Waals surface area contributed by atoms with Crippen molar-refractivity contribution < 1.29 is 5.11 Å². The molecular weight excluding hydrogens is 186 g/mol. The quantitative estimate of drug-likeness (QED) is 0.795. The summed E-state index contributed by atoms with van der Waals surface area (Å²) in [5.41, 5.74) is 4.10. The number of rotatable bonds is 5. The summed E-state index contributed by atoms with van der Waals surface area (Å²) >= 11 is 0. The zero-order valence-corrected chi connectivity index (χ0v) is 9.95. The van der Waals surface area contributed by atoms with Gasteiger partial charge in [0.1, 0.15) is 0 Å². The molecule has 2 nitrogen and oxygen atoms in total. The lowest BCUT2D eigenvalue weighted by Gasteiger charge is -2.15. The summed E-state index contributed by atoms with van der Waals surface area (Å²) in [6.07, 6.45) is 1.06. The Kier molecular flexibility index (Phi) is 4.79. The highest BCUT2D eigenvalue weighted by atomic mass is 16.3. The van der Waals surface area contributed by atoms with Crippen LogP contribution in [0.4, 0.5) is 0 Å². The van der Waals surface area contributed by atoms with Crippen molar-refractivity contribution in [3.63, 3.8) is 0 Å². The molecule has 1 aromatic carbocycles. The predicted octanol–water partition coefficient (Wildman–Crippen LogP) is 1.77. The average Bonchev–Trinajstić information content (AvgIpc) is 2.20. The molecule has 0 heterocycles. The van der Waals surface area contributed by atoms with E-state index >= 15 is 0 Å². The van der Waals surface area contributed by atoms with Crippen LogP contribution < -0.4 is 0 Å². The minimum atomic E-state index is 0.239. The molecule has 0 atom stereocenters. The minimum Gasteiger partial charge on any atom is -0.395 e. The molecule has 2 heteroatoms. The molecule has 0 aliphatic carbocycles. The third kappa shape index (κ3) is 4.02. The van der Waals surface area contributed by atoms with Crippen LogP contribution in [0.2, 0.25) is 0 Å². The Morgan fingerprint density at radius 2 is 1.93 bits per heavy atom. The van der Waals surface area contributed by atoms with Gasteiger partial charge in [0.05, 0.1) is 6.61 Å². The van der Waals surface area contributed by atoms with Crippen molar-refractivity contribution in [1.29, 1.82) is 0 Å². The van der Waals surface area contributed by atoms with Gasteiger partial charge in [-0.05, 0) is 38.4 Å². The van der Waals surface area contributed by atoms with E-state index < -0.39 is 0 Å². The highest BCUT2D eigenvalue weighted by Crippen LogP contribution is 2.11. The summed E-state index contributed by atoms with van der Waals surface area (Å²) in [5, 5.41) is 8.79. The molecule has 0 unspecified atom stereocenters. The first-order chi connectivity index (χ1) is 7.13. The Bertz CT molecular complexity index is 309. The van der Waals surface area contributed by atoms with Crippen LogP contribution in [0.15, 0.2) is 18.2 Å². The summed E-state index contributed by atoms with van der Waals surface area (Å²) in [6.45, 7) is 6.28. The van der Waals surface area contributed by atoms with E-state index in [1.807, 2.05) is 7.05 Å². The van der Waals surface area contributed by atoms with Gasteiger partial charge in [-0.15, -0.1) is 0 Å². The first-order valence-electron chi connectivity index (χ1n) is 5.49. The molecule has 84 valence electrons. The molecule has 1 N–H and O–H groups in total. The third-order valence-corrected chi connectivity index (χ3v) is 2.75.